The lowest BCUT2D eigenvalue weighted by Gasteiger charge is -2.09. The Morgan fingerprint density at radius 2 is 2.16 bits per heavy atom. The van der Waals surface area contributed by atoms with Crippen LogP contribution in [-0.2, 0) is 0 Å². The summed E-state index contributed by atoms with van der Waals surface area (Å²) in [7, 11) is 0. The van der Waals surface area contributed by atoms with E-state index in [4.69, 9.17) is 10.5 Å². The zero-order chi connectivity index (χ0) is 14.0. The molecule has 0 aliphatic rings. The molecule has 0 unspecified atom stereocenters. The SMILES string of the molecule is Cc1ccnc(Oc2cc(Br)cc([N+](=O)[O-])c2)c1N. The Hall–Kier alpha value is -2.15. The lowest BCUT2D eigenvalue weighted by Crippen LogP contribution is -1.97. The molecule has 0 saturated carbocycles. The van der Waals surface area contributed by atoms with Crippen LogP contribution >= 0.6 is 15.9 Å². The predicted octanol–water partition coefficient (Wildman–Crippen LogP) is 3.44. The molecule has 1 aromatic heterocycles. The molecule has 0 aliphatic carbocycles. The van der Waals surface area contributed by atoms with Gasteiger partial charge in [-0.2, -0.15) is 0 Å². The van der Waals surface area contributed by atoms with Gasteiger partial charge in [-0.1, -0.05) is 15.9 Å². The van der Waals surface area contributed by atoms with Gasteiger partial charge in [-0.15, -0.1) is 0 Å². The Morgan fingerprint density at radius 3 is 2.84 bits per heavy atom. The number of aryl methyl sites for hydroxylation is 1. The van der Waals surface area contributed by atoms with Crippen molar-refractivity contribution in [2.45, 2.75) is 6.92 Å². The molecule has 0 aliphatic heterocycles. The van der Waals surface area contributed by atoms with Crippen molar-refractivity contribution in [1.29, 1.82) is 0 Å². The first kappa shape index (κ1) is 13.3. The molecule has 0 radical (unpaired) electrons. The second-order valence-corrected chi connectivity index (χ2v) is 4.77. The van der Waals surface area contributed by atoms with Crippen molar-refractivity contribution >= 4 is 27.3 Å². The van der Waals surface area contributed by atoms with Crippen molar-refractivity contribution in [2.24, 2.45) is 0 Å². The van der Waals surface area contributed by atoms with Crippen LogP contribution in [0.3, 0.4) is 0 Å². The third kappa shape index (κ3) is 3.00. The fourth-order valence-corrected chi connectivity index (χ4v) is 1.91. The molecule has 1 heterocycles. The number of ether oxygens (including phenoxy) is 1. The number of nitrogens with zero attached hydrogens (tertiary/aromatic N) is 2. The van der Waals surface area contributed by atoms with Gasteiger partial charge in [-0.3, -0.25) is 10.1 Å². The Labute approximate surface area is 117 Å². The number of pyridine rings is 1. The lowest BCUT2D eigenvalue weighted by atomic mass is 10.2. The van der Waals surface area contributed by atoms with Crippen molar-refractivity contribution in [2.75, 3.05) is 5.73 Å². The number of nitro groups is 1. The van der Waals surface area contributed by atoms with Crippen LogP contribution in [0.1, 0.15) is 5.56 Å². The molecule has 7 heteroatoms. The van der Waals surface area contributed by atoms with Crippen LogP contribution in [0.25, 0.3) is 0 Å². The first-order valence-electron chi connectivity index (χ1n) is 5.31. The van der Waals surface area contributed by atoms with Gasteiger partial charge in [-0.05, 0) is 24.6 Å². The summed E-state index contributed by atoms with van der Waals surface area (Å²) in [6, 6.07) is 6.07. The molecule has 0 bridgehead atoms. The first-order chi connectivity index (χ1) is 8.97. The molecule has 0 spiro atoms. The number of rotatable bonds is 3. The summed E-state index contributed by atoms with van der Waals surface area (Å²) < 4.78 is 6.04. The number of aromatic nitrogens is 1. The van der Waals surface area contributed by atoms with Crippen molar-refractivity contribution in [1.82, 2.24) is 4.98 Å². The molecule has 6 nitrogen and oxygen atoms in total. The summed E-state index contributed by atoms with van der Waals surface area (Å²) in [5, 5.41) is 10.8. The lowest BCUT2D eigenvalue weighted by molar-refractivity contribution is -0.385. The van der Waals surface area contributed by atoms with Crippen LogP contribution < -0.4 is 10.5 Å². The Bertz CT molecular complexity index is 646. The maximum Gasteiger partial charge on any atom is 0.274 e. The first-order valence-corrected chi connectivity index (χ1v) is 6.10. The number of anilines is 1. The number of halogens is 1. The van der Waals surface area contributed by atoms with Crippen LogP contribution in [0.5, 0.6) is 11.6 Å². The predicted molar refractivity (Wildman–Crippen MR) is 74.3 cm³/mol. The van der Waals surface area contributed by atoms with E-state index in [1.807, 2.05) is 6.92 Å². The average molecular weight is 324 g/mol. The van der Waals surface area contributed by atoms with E-state index in [0.29, 0.717) is 15.9 Å². The van der Waals surface area contributed by atoms with Crippen molar-refractivity contribution in [3.05, 3.63) is 50.6 Å². The summed E-state index contributed by atoms with van der Waals surface area (Å²) in [6.45, 7) is 1.83. The number of nitro benzene ring substituents is 1. The van der Waals surface area contributed by atoms with Crippen LogP contribution in [0.4, 0.5) is 11.4 Å². The minimum Gasteiger partial charge on any atom is -0.437 e. The van der Waals surface area contributed by atoms with Crippen LogP contribution in [-0.4, -0.2) is 9.91 Å². The molecule has 1 aromatic carbocycles. The Morgan fingerprint density at radius 1 is 1.42 bits per heavy atom. The Kier molecular flexibility index (Phi) is 3.66. The van der Waals surface area contributed by atoms with Gasteiger partial charge in [0.05, 0.1) is 16.7 Å². The van der Waals surface area contributed by atoms with E-state index in [2.05, 4.69) is 20.9 Å². The monoisotopic (exact) mass is 323 g/mol. The summed E-state index contributed by atoms with van der Waals surface area (Å²) in [6.07, 6.45) is 1.56. The number of nitrogens with two attached hydrogens (primary N) is 1. The quantitative estimate of drug-likeness (QED) is 0.690. The third-order valence-corrected chi connectivity index (χ3v) is 2.91. The van der Waals surface area contributed by atoms with Gasteiger partial charge in [0.25, 0.3) is 5.69 Å². The zero-order valence-corrected chi connectivity index (χ0v) is 11.5. The zero-order valence-electron chi connectivity index (χ0n) is 9.96. The molecular weight excluding hydrogens is 314 g/mol. The highest BCUT2D eigenvalue weighted by Crippen LogP contribution is 2.31. The number of hydrogen-bond acceptors (Lipinski definition) is 5. The highest BCUT2D eigenvalue weighted by Gasteiger charge is 2.12. The fourth-order valence-electron chi connectivity index (χ4n) is 1.45. The van der Waals surface area contributed by atoms with E-state index in [1.54, 1.807) is 18.3 Å². The third-order valence-electron chi connectivity index (χ3n) is 2.45. The summed E-state index contributed by atoms with van der Waals surface area (Å²) in [5.74, 6) is 0.526. The summed E-state index contributed by atoms with van der Waals surface area (Å²) >= 11 is 3.19. The van der Waals surface area contributed by atoms with E-state index in [9.17, 15) is 10.1 Å². The maximum atomic E-state index is 10.8. The van der Waals surface area contributed by atoms with E-state index in [-0.39, 0.29) is 11.6 Å². The highest BCUT2D eigenvalue weighted by molar-refractivity contribution is 9.10. The highest BCUT2D eigenvalue weighted by atomic mass is 79.9. The van der Waals surface area contributed by atoms with E-state index in [0.717, 1.165) is 5.56 Å². The van der Waals surface area contributed by atoms with Gasteiger partial charge in [-0.25, -0.2) is 4.98 Å². The standard InChI is InChI=1S/C12H10BrN3O3/c1-7-2-3-15-12(11(7)14)19-10-5-8(13)4-9(6-10)16(17)18/h2-6H,14H2,1H3. The van der Waals surface area contributed by atoms with Crippen molar-refractivity contribution in [3.8, 4) is 11.6 Å². The molecule has 0 saturated heterocycles. The number of non-ortho nitro benzene ring substituents is 1. The van der Waals surface area contributed by atoms with Crippen molar-refractivity contribution in [3.63, 3.8) is 0 Å². The molecule has 2 rings (SSSR count). The van der Waals surface area contributed by atoms with Gasteiger partial charge in [0.15, 0.2) is 0 Å². The van der Waals surface area contributed by atoms with E-state index in [1.165, 1.54) is 12.1 Å². The molecule has 0 amide bonds. The minimum absolute atomic E-state index is 0.0735. The second kappa shape index (κ2) is 5.23. The maximum absolute atomic E-state index is 10.8. The van der Waals surface area contributed by atoms with Gasteiger partial charge < -0.3 is 10.5 Å². The normalized spacial score (nSPS) is 10.2. The Balaban J connectivity index is 2.38. The van der Waals surface area contributed by atoms with Crippen LogP contribution in [0.15, 0.2) is 34.9 Å². The van der Waals surface area contributed by atoms with Gasteiger partial charge in [0, 0.05) is 16.7 Å². The number of nitrogen functional groups attached to an aromatic ring is 1. The second-order valence-electron chi connectivity index (χ2n) is 3.85. The fraction of sp³-hybridized carbons (Fsp3) is 0.0833. The smallest absolute Gasteiger partial charge is 0.274 e. The van der Waals surface area contributed by atoms with Crippen molar-refractivity contribution < 1.29 is 9.66 Å². The summed E-state index contributed by atoms with van der Waals surface area (Å²) in [5.41, 5.74) is 7.00. The van der Waals surface area contributed by atoms with E-state index >= 15 is 0 Å². The molecular formula is C12H10BrN3O3. The van der Waals surface area contributed by atoms with Crippen LogP contribution in [0.2, 0.25) is 0 Å². The van der Waals surface area contributed by atoms with Gasteiger partial charge >= 0.3 is 0 Å². The minimum atomic E-state index is -0.495. The average Bonchev–Trinajstić information content (AvgIpc) is 2.34. The number of hydrogen-bond donors (Lipinski definition) is 1. The molecule has 0 fully saturated rings. The molecule has 19 heavy (non-hydrogen) atoms. The van der Waals surface area contributed by atoms with Gasteiger partial charge in [0.2, 0.25) is 5.88 Å². The number of benzene rings is 1. The molecule has 98 valence electrons. The molecule has 0 atom stereocenters. The molecule has 2 aromatic rings. The van der Waals surface area contributed by atoms with E-state index < -0.39 is 4.92 Å². The van der Waals surface area contributed by atoms with Gasteiger partial charge in [0.1, 0.15) is 5.75 Å². The van der Waals surface area contributed by atoms with Crippen LogP contribution in [0, 0.1) is 17.0 Å². The molecule has 2 N–H and O–H groups in total. The topological polar surface area (TPSA) is 91.3 Å². The largest absolute Gasteiger partial charge is 0.437 e. The summed E-state index contributed by atoms with van der Waals surface area (Å²) in [4.78, 5) is 14.3.